The Morgan fingerprint density at radius 1 is 0.750 bits per heavy atom. The first-order valence-electron chi connectivity index (χ1n) is 16.2. The van der Waals surface area contributed by atoms with E-state index in [1.54, 1.807) is 0 Å². The fraction of sp³-hybridized carbons (Fsp3) is 0.190. The Balaban J connectivity index is 0.000000201. The predicted octanol–water partition coefficient (Wildman–Crippen LogP) is 11.9. The van der Waals surface area contributed by atoms with Crippen molar-refractivity contribution in [3.8, 4) is 22.5 Å². The minimum absolute atomic E-state index is 0. The van der Waals surface area contributed by atoms with Gasteiger partial charge in [0.05, 0.1) is 8.07 Å². The molecule has 0 bridgehead atoms. The molecule has 0 atom stereocenters. The van der Waals surface area contributed by atoms with E-state index >= 15 is 0 Å². The number of pyridine rings is 2. The van der Waals surface area contributed by atoms with E-state index in [0.717, 1.165) is 28.9 Å². The number of benzene rings is 4. The number of hydrogen-bond donors (Lipinski definition) is 0. The molecule has 0 aliphatic heterocycles. The van der Waals surface area contributed by atoms with Gasteiger partial charge in [-0.1, -0.05) is 104 Å². The van der Waals surface area contributed by atoms with Crippen LogP contribution in [-0.4, -0.2) is 18.0 Å². The number of rotatable bonds is 5. The summed E-state index contributed by atoms with van der Waals surface area (Å²) < 4.78 is 5.16. The molecule has 0 aliphatic rings. The molecule has 4 aromatic heterocycles. The summed E-state index contributed by atoms with van der Waals surface area (Å²) in [5, 5.41) is 6.75. The smallest absolute Gasteiger partial charge is 0.0795 e. The number of hydrogen-bond acceptors (Lipinski definition) is 4. The first-order chi connectivity index (χ1) is 22.7. The summed E-state index contributed by atoms with van der Waals surface area (Å²) in [4.78, 5) is 9.40. The summed E-state index contributed by atoms with van der Waals surface area (Å²) in [5.74, 6) is 0.618. The Morgan fingerprint density at radius 2 is 1.42 bits per heavy atom. The average molecular weight is 855 g/mol. The zero-order valence-electron chi connectivity index (χ0n) is 28.1. The second-order valence-corrected chi connectivity index (χ2v) is 20.8. The third-order valence-corrected chi connectivity index (χ3v) is 12.9. The number of fused-ring (bicyclic) bond motifs is 7. The zero-order valence-corrected chi connectivity index (χ0v) is 33.2. The summed E-state index contributed by atoms with van der Waals surface area (Å²) >= 11 is 3.70. The Morgan fingerprint density at radius 3 is 2.06 bits per heavy atom. The van der Waals surface area contributed by atoms with Gasteiger partial charge in [-0.2, -0.15) is 22.7 Å². The van der Waals surface area contributed by atoms with Crippen molar-refractivity contribution in [1.82, 2.24) is 9.97 Å². The first-order valence-corrected chi connectivity index (χ1v) is 21.4. The van der Waals surface area contributed by atoms with Gasteiger partial charge in [-0.25, -0.2) is 0 Å². The number of thiophene rings is 2. The van der Waals surface area contributed by atoms with Crippen LogP contribution in [0.15, 0.2) is 103 Å². The maximum atomic E-state index is 4.88. The minimum atomic E-state index is -1.23. The molecule has 8 aromatic rings. The second-order valence-electron chi connectivity index (χ2n) is 13.7. The quantitative estimate of drug-likeness (QED) is 0.127. The van der Waals surface area contributed by atoms with Crippen molar-refractivity contribution in [2.45, 2.75) is 46.8 Å². The summed E-state index contributed by atoms with van der Waals surface area (Å²) in [5.41, 5.74) is 6.90. The van der Waals surface area contributed by atoms with E-state index in [1.807, 2.05) is 59.3 Å². The topological polar surface area (TPSA) is 25.8 Å². The molecule has 0 saturated carbocycles. The molecule has 0 saturated heterocycles. The zero-order chi connectivity index (χ0) is 32.7. The normalized spacial score (nSPS) is 11.6. The Kier molecular flexibility index (Phi) is 10.1. The Bertz CT molecular complexity index is 2350. The first kappa shape index (κ1) is 34.4. The number of nitrogens with zero attached hydrogens (tertiary/aromatic N) is 2. The Hall–Kier alpha value is -3.51. The standard InChI is InChI=1S/C28H22NS2.C14H16NSi.Ir/c1-16(2)12-18-13-22(29-15-17(18)3)21-14-25-26(19-8-4-6-10-23(19)30-25)27-20-9-5-7-11-24(20)31-28(21)27;1-16(2,3)13-9-10-14(15-11-13)12-7-5-4-6-8-12;/h4-11,13,15-16H,12H2,1-3H3;4-7,9-11H,1-3H3;/q2*-1;. The van der Waals surface area contributed by atoms with Crippen LogP contribution in [0.4, 0.5) is 0 Å². The fourth-order valence-electron chi connectivity index (χ4n) is 6.11. The van der Waals surface area contributed by atoms with E-state index in [9.17, 15) is 0 Å². The molecule has 0 fully saturated rings. The van der Waals surface area contributed by atoms with Gasteiger partial charge in [0.15, 0.2) is 0 Å². The van der Waals surface area contributed by atoms with Gasteiger partial charge in [0, 0.05) is 41.9 Å². The van der Waals surface area contributed by atoms with Crippen LogP contribution in [0.1, 0.15) is 25.0 Å². The van der Waals surface area contributed by atoms with E-state index in [-0.39, 0.29) is 20.1 Å². The molecule has 4 aromatic carbocycles. The van der Waals surface area contributed by atoms with Crippen LogP contribution in [-0.2, 0) is 26.5 Å². The summed E-state index contributed by atoms with van der Waals surface area (Å²) in [6.07, 6.45) is 5.12. The van der Waals surface area contributed by atoms with Crippen molar-refractivity contribution in [3.63, 3.8) is 0 Å². The third kappa shape index (κ3) is 6.83. The summed E-state index contributed by atoms with van der Waals surface area (Å²) in [6.45, 7) is 13.7. The predicted molar refractivity (Wildman–Crippen MR) is 209 cm³/mol. The second kappa shape index (κ2) is 14.1. The van der Waals surface area contributed by atoms with Crippen molar-refractivity contribution in [1.29, 1.82) is 0 Å². The van der Waals surface area contributed by atoms with Gasteiger partial charge in [0.2, 0.25) is 0 Å². The average Bonchev–Trinajstić information content (AvgIpc) is 3.64. The van der Waals surface area contributed by atoms with Gasteiger partial charge in [0.1, 0.15) is 0 Å². The Labute approximate surface area is 306 Å². The van der Waals surface area contributed by atoms with Gasteiger partial charge in [-0.3, -0.25) is 0 Å². The van der Waals surface area contributed by atoms with Crippen molar-refractivity contribution in [2.24, 2.45) is 5.92 Å². The van der Waals surface area contributed by atoms with Crippen LogP contribution >= 0.6 is 22.7 Å². The molecular formula is C42H38IrN2S2Si-2. The van der Waals surface area contributed by atoms with Crippen molar-refractivity contribution in [2.75, 3.05) is 0 Å². The maximum Gasteiger partial charge on any atom is 0.0795 e. The van der Waals surface area contributed by atoms with E-state index < -0.39 is 8.07 Å². The molecule has 0 aliphatic carbocycles. The molecule has 0 amide bonds. The van der Waals surface area contributed by atoms with Crippen LogP contribution in [0, 0.1) is 25.0 Å². The molecular weight excluding hydrogens is 817 g/mol. The fourth-order valence-corrected chi connectivity index (χ4v) is 9.48. The molecule has 0 N–H and O–H groups in total. The van der Waals surface area contributed by atoms with E-state index in [0.29, 0.717) is 5.92 Å². The van der Waals surface area contributed by atoms with Gasteiger partial charge < -0.3 is 9.97 Å². The molecule has 8 rings (SSSR count). The molecule has 0 unspecified atom stereocenters. The molecule has 4 heterocycles. The molecule has 6 heteroatoms. The largest absolute Gasteiger partial charge is 0.305 e. The molecule has 48 heavy (non-hydrogen) atoms. The van der Waals surface area contributed by atoms with Crippen molar-refractivity contribution < 1.29 is 20.1 Å². The van der Waals surface area contributed by atoms with Crippen LogP contribution in [0.2, 0.25) is 19.6 Å². The van der Waals surface area contributed by atoms with E-state index in [1.165, 1.54) is 56.7 Å². The van der Waals surface area contributed by atoms with Crippen LogP contribution in [0.3, 0.4) is 0 Å². The summed E-state index contributed by atoms with van der Waals surface area (Å²) in [6, 6.07) is 39.0. The van der Waals surface area contributed by atoms with Gasteiger partial charge in [0.25, 0.3) is 0 Å². The number of aryl methyl sites for hydroxylation is 1. The van der Waals surface area contributed by atoms with E-state index in [2.05, 4.69) is 124 Å². The number of aromatic nitrogens is 2. The molecule has 2 nitrogen and oxygen atoms in total. The van der Waals surface area contributed by atoms with E-state index in [4.69, 9.17) is 4.98 Å². The molecule has 0 spiro atoms. The van der Waals surface area contributed by atoms with Gasteiger partial charge >= 0.3 is 0 Å². The monoisotopic (exact) mass is 855 g/mol. The van der Waals surface area contributed by atoms with Gasteiger partial charge in [-0.15, -0.1) is 47.5 Å². The van der Waals surface area contributed by atoms with Gasteiger partial charge in [-0.05, 0) is 73.7 Å². The van der Waals surface area contributed by atoms with Crippen LogP contribution in [0.25, 0.3) is 62.9 Å². The third-order valence-electron chi connectivity index (χ3n) is 8.62. The summed E-state index contributed by atoms with van der Waals surface area (Å²) in [7, 11) is -1.23. The van der Waals surface area contributed by atoms with Crippen molar-refractivity contribution in [3.05, 3.63) is 127 Å². The molecule has 243 valence electrons. The maximum absolute atomic E-state index is 4.88. The molecule has 1 radical (unpaired) electrons. The van der Waals surface area contributed by atoms with Crippen LogP contribution in [0.5, 0.6) is 0 Å². The SMILES string of the molecule is C[Si](C)(C)c1ccc(-c2[c-]cccc2)nc1.Cc1cnc(-c2[c-]c3sc4ccccc4c3c3c2sc2ccccc23)cc1CC(C)C.[Ir]. The van der Waals surface area contributed by atoms with Crippen molar-refractivity contribution >= 4 is 76.3 Å². The minimum Gasteiger partial charge on any atom is -0.305 e. The van der Waals surface area contributed by atoms with Crippen LogP contribution < -0.4 is 5.19 Å².